The maximum absolute atomic E-state index is 12.5. The molecule has 0 aromatic heterocycles. The van der Waals surface area contributed by atoms with E-state index in [1.807, 2.05) is 29.2 Å². The molecule has 0 radical (unpaired) electrons. The number of amides is 2. The van der Waals surface area contributed by atoms with Crippen molar-refractivity contribution in [1.29, 1.82) is 0 Å². The quantitative estimate of drug-likeness (QED) is 0.896. The fourth-order valence-corrected chi connectivity index (χ4v) is 3.23. The van der Waals surface area contributed by atoms with Crippen molar-refractivity contribution in [2.24, 2.45) is 0 Å². The van der Waals surface area contributed by atoms with E-state index in [9.17, 15) is 4.79 Å². The highest BCUT2D eigenvalue weighted by Crippen LogP contribution is 2.32. The van der Waals surface area contributed by atoms with Crippen LogP contribution in [0.2, 0.25) is 0 Å². The van der Waals surface area contributed by atoms with Crippen LogP contribution >= 0.6 is 0 Å². The van der Waals surface area contributed by atoms with Gasteiger partial charge in [0.05, 0.1) is 6.04 Å². The summed E-state index contributed by atoms with van der Waals surface area (Å²) in [4.78, 5) is 14.4. The zero-order chi connectivity index (χ0) is 14.7. The highest BCUT2D eigenvalue weighted by Gasteiger charge is 2.30. The summed E-state index contributed by atoms with van der Waals surface area (Å²) in [5.74, 6) is 0.855. The molecule has 0 saturated carbocycles. The van der Waals surface area contributed by atoms with Crippen molar-refractivity contribution in [1.82, 2.24) is 10.2 Å². The summed E-state index contributed by atoms with van der Waals surface area (Å²) < 4.78 is 5.60. The maximum Gasteiger partial charge on any atom is 0.318 e. The normalized spacial score (nSPS) is 24.3. The Morgan fingerprint density at radius 3 is 3.10 bits per heavy atom. The minimum atomic E-state index is -0.0783. The van der Waals surface area contributed by atoms with Crippen LogP contribution in [0.1, 0.15) is 37.3 Å². The number of piperidine rings is 1. The number of hydrogen-bond donors (Lipinski definition) is 2. The molecule has 1 saturated heterocycles. The summed E-state index contributed by atoms with van der Waals surface area (Å²) in [5, 5.41) is 12.2. The molecule has 1 fully saturated rings. The predicted octanol–water partition coefficient (Wildman–Crippen LogP) is 2.07. The Balaban J connectivity index is 1.66. The summed E-state index contributed by atoms with van der Waals surface area (Å²) >= 11 is 0. The molecule has 2 unspecified atom stereocenters. The van der Waals surface area contributed by atoms with Gasteiger partial charge in [0.25, 0.3) is 0 Å². The zero-order valence-corrected chi connectivity index (χ0v) is 12.1. The fraction of sp³-hybridized carbons (Fsp3) is 0.562. The highest BCUT2D eigenvalue weighted by atomic mass is 16.5. The standard InChI is InChI=1S/C16H22N2O3/c19-10-8-12-5-3-4-9-18(12)16(20)17-14-11-21-15-7-2-1-6-13(14)15/h1-2,6-7,12,14,19H,3-5,8-11H2,(H,17,20). The Kier molecular flexibility index (Phi) is 4.29. The van der Waals surface area contributed by atoms with Crippen molar-refractivity contribution < 1.29 is 14.6 Å². The number of nitrogens with one attached hydrogen (secondary N) is 1. The van der Waals surface area contributed by atoms with Gasteiger partial charge >= 0.3 is 6.03 Å². The molecule has 2 heterocycles. The van der Waals surface area contributed by atoms with Crippen LogP contribution in [0.15, 0.2) is 24.3 Å². The zero-order valence-electron chi connectivity index (χ0n) is 12.1. The molecule has 5 heteroatoms. The third-order valence-corrected chi connectivity index (χ3v) is 4.35. The van der Waals surface area contributed by atoms with E-state index < -0.39 is 0 Å². The lowest BCUT2D eigenvalue weighted by molar-refractivity contribution is 0.128. The average molecular weight is 290 g/mol. The Hall–Kier alpha value is -1.75. The van der Waals surface area contributed by atoms with Crippen LogP contribution in [0.5, 0.6) is 5.75 Å². The van der Waals surface area contributed by atoms with E-state index in [0.29, 0.717) is 13.0 Å². The number of aliphatic hydroxyl groups is 1. The number of carbonyl (C=O) groups excluding carboxylic acids is 1. The lowest BCUT2D eigenvalue weighted by atomic mass is 10.00. The van der Waals surface area contributed by atoms with Gasteiger partial charge in [0.15, 0.2) is 0 Å². The number of aliphatic hydroxyl groups excluding tert-OH is 1. The number of para-hydroxylation sites is 1. The van der Waals surface area contributed by atoms with Crippen LogP contribution in [-0.2, 0) is 0 Å². The van der Waals surface area contributed by atoms with Crippen molar-refractivity contribution in [2.45, 2.75) is 37.8 Å². The molecule has 5 nitrogen and oxygen atoms in total. The number of hydrogen-bond acceptors (Lipinski definition) is 3. The van der Waals surface area contributed by atoms with E-state index in [1.54, 1.807) is 0 Å². The van der Waals surface area contributed by atoms with Gasteiger partial charge in [-0.3, -0.25) is 0 Å². The van der Waals surface area contributed by atoms with Crippen LogP contribution in [0.3, 0.4) is 0 Å². The number of nitrogens with zero attached hydrogens (tertiary/aromatic N) is 1. The van der Waals surface area contributed by atoms with Crippen LogP contribution in [0, 0.1) is 0 Å². The molecule has 2 amide bonds. The molecule has 2 aliphatic heterocycles. The molecule has 0 spiro atoms. The van der Waals surface area contributed by atoms with Gasteiger partial charge < -0.3 is 20.1 Å². The van der Waals surface area contributed by atoms with Gasteiger partial charge in [0.1, 0.15) is 12.4 Å². The van der Waals surface area contributed by atoms with Gasteiger partial charge in [-0.2, -0.15) is 0 Å². The highest BCUT2D eigenvalue weighted by molar-refractivity contribution is 5.75. The first kappa shape index (κ1) is 14.2. The summed E-state index contributed by atoms with van der Waals surface area (Å²) in [6.07, 6.45) is 3.80. The molecule has 2 atom stereocenters. The first-order chi connectivity index (χ1) is 10.3. The van der Waals surface area contributed by atoms with Crippen molar-refractivity contribution >= 4 is 6.03 Å². The molecule has 0 bridgehead atoms. The maximum atomic E-state index is 12.5. The molecule has 114 valence electrons. The molecular weight excluding hydrogens is 268 g/mol. The minimum absolute atomic E-state index is 0.0431. The van der Waals surface area contributed by atoms with E-state index >= 15 is 0 Å². The average Bonchev–Trinajstić information content (AvgIpc) is 2.91. The third kappa shape index (κ3) is 2.97. The number of likely N-dealkylation sites (tertiary alicyclic amines) is 1. The van der Waals surface area contributed by atoms with Gasteiger partial charge in [-0.05, 0) is 31.7 Å². The molecule has 21 heavy (non-hydrogen) atoms. The van der Waals surface area contributed by atoms with Gasteiger partial charge in [-0.25, -0.2) is 4.79 Å². The second-order valence-electron chi connectivity index (χ2n) is 5.71. The van der Waals surface area contributed by atoms with Gasteiger partial charge in [0.2, 0.25) is 0 Å². The van der Waals surface area contributed by atoms with E-state index in [1.165, 1.54) is 0 Å². The van der Waals surface area contributed by atoms with Crippen molar-refractivity contribution in [3.63, 3.8) is 0 Å². The topological polar surface area (TPSA) is 61.8 Å². The first-order valence-electron chi connectivity index (χ1n) is 7.69. The van der Waals surface area contributed by atoms with Crippen LogP contribution in [0.25, 0.3) is 0 Å². The van der Waals surface area contributed by atoms with E-state index in [2.05, 4.69) is 5.32 Å². The molecule has 1 aromatic rings. The largest absolute Gasteiger partial charge is 0.491 e. The monoisotopic (exact) mass is 290 g/mol. The number of benzene rings is 1. The van der Waals surface area contributed by atoms with Gasteiger partial charge in [0, 0.05) is 24.8 Å². The minimum Gasteiger partial charge on any atom is -0.491 e. The SMILES string of the molecule is O=C(NC1COc2ccccc21)N1CCCCC1CCO. The smallest absolute Gasteiger partial charge is 0.318 e. The Morgan fingerprint density at radius 1 is 1.38 bits per heavy atom. The Bertz CT molecular complexity index is 504. The second kappa shape index (κ2) is 6.35. The molecule has 2 N–H and O–H groups in total. The summed E-state index contributed by atoms with van der Waals surface area (Å²) in [5.41, 5.74) is 1.04. The van der Waals surface area contributed by atoms with Crippen LogP contribution < -0.4 is 10.1 Å². The van der Waals surface area contributed by atoms with E-state index in [-0.39, 0.29) is 24.7 Å². The van der Waals surface area contributed by atoms with Crippen LogP contribution in [0.4, 0.5) is 4.79 Å². The third-order valence-electron chi connectivity index (χ3n) is 4.35. The molecule has 2 aliphatic rings. The number of urea groups is 1. The van der Waals surface area contributed by atoms with Gasteiger partial charge in [-0.1, -0.05) is 18.2 Å². The molecule has 3 rings (SSSR count). The van der Waals surface area contributed by atoms with Gasteiger partial charge in [-0.15, -0.1) is 0 Å². The molecular formula is C16H22N2O3. The van der Waals surface area contributed by atoms with Crippen molar-refractivity contribution in [3.05, 3.63) is 29.8 Å². The first-order valence-corrected chi connectivity index (χ1v) is 7.69. The fourth-order valence-electron chi connectivity index (χ4n) is 3.23. The predicted molar refractivity (Wildman–Crippen MR) is 79.3 cm³/mol. The molecule has 0 aliphatic carbocycles. The lowest BCUT2D eigenvalue weighted by Gasteiger charge is -2.36. The Morgan fingerprint density at radius 2 is 2.24 bits per heavy atom. The number of rotatable bonds is 3. The second-order valence-corrected chi connectivity index (χ2v) is 5.71. The van der Waals surface area contributed by atoms with Crippen molar-refractivity contribution in [2.75, 3.05) is 19.8 Å². The van der Waals surface area contributed by atoms with Crippen molar-refractivity contribution in [3.8, 4) is 5.75 Å². The lowest BCUT2D eigenvalue weighted by Crippen LogP contribution is -2.50. The van der Waals surface area contributed by atoms with E-state index in [0.717, 1.165) is 37.1 Å². The number of carbonyl (C=O) groups is 1. The Labute approximate surface area is 124 Å². The summed E-state index contributed by atoms with van der Waals surface area (Å²) in [7, 11) is 0. The number of fused-ring (bicyclic) bond motifs is 1. The molecule has 1 aromatic carbocycles. The summed E-state index contributed by atoms with van der Waals surface area (Å²) in [6, 6.07) is 7.85. The van der Waals surface area contributed by atoms with Crippen LogP contribution in [-0.4, -0.2) is 41.8 Å². The van der Waals surface area contributed by atoms with E-state index in [4.69, 9.17) is 9.84 Å². The summed E-state index contributed by atoms with van der Waals surface area (Å²) in [6.45, 7) is 1.39. The number of ether oxygens (including phenoxy) is 1.